The normalized spacial score (nSPS) is 17.8. The van der Waals surface area contributed by atoms with Crippen molar-refractivity contribution in [3.8, 4) is 5.75 Å². The summed E-state index contributed by atoms with van der Waals surface area (Å²) in [6, 6.07) is 13.1. The van der Waals surface area contributed by atoms with Crippen LogP contribution in [0.2, 0.25) is 0 Å². The van der Waals surface area contributed by atoms with E-state index in [1.165, 1.54) is 19.3 Å². The van der Waals surface area contributed by atoms with Crippen LogP contribution in [0.5, 0.6) is 5.75 Å². The molecule has 1 saturated heterocycles. The topological polar surface area (TPSA) is 80.2 Å². The first-order valence-corrected chi connectivity index (χ1v) is 11.7. The molecule has 174 valence electrons. The van der Waals surface area contributed by atoms with Gasteiger partial charge in [-0.2, -0.15) is 5.10 Å². The SMILES string of the molecule is CCOC(=O)CC1COc2ccc(NC(=O)c3ccc(C=NN4CCCCC4)cc3)cc2C1. The van der Waals surface area contributed by atoms with Crippen molar-refractivity contribution in [2.45, 2.75) is 39.0 Å². The molecule has 7 nitrogen and oxygen atoms in total. The van der Waals surface area contributed by atoms with E-state index in [1.54, 1.807) is 6.92 Å². The molecule has 33 heavy (non-hydrogen) atoms. The Balaban J connectivity index is 1.35. The number of nitrogens with one attached hydrogen (secondary N) is 1. The Labute approximate surface area is 194 Å². The van der Waals surface area contributed by atoms with Gasteiger partial charge in [-0.25, -0.2) is 0 Å². The van der Waals surface area contributed by atoms with Crippen molar-refractivity contribution in [3.63, 3.8) is 0 Å². The van der Waals surface area contributed by atoms with E-state index >= 15 is 0 Å². The van der Waals surface area contributed by atoms with E-state index in [1.807, 2.05) is 48.7 Å². The smallest absolute Gasteiger partial charge is 0.306 e. The number of anilines is 1. The van der Waals surface area contributed by atoms with Gasteiger partial charge in [0.2, 0.25) is 0 Å². The summed E-state index contributed by atoms with van der Waals surface area (Å²) in [5, 5.41) is 9.60. The third-order valence-corrected chi connectivity index (χ3v) is 5.94. The Morgan fingerprint density at radius 1 is 1.15 bits per heavy atom. The number of carbonyl (C=O) groups is 2. The van der Waals surface area contributed by atoms with Crippen molar-refractivity contribution >= 4 is 23.8 Å². The fourth-order valence-corrected chi connectivity index (χ4v) is 4.19. The molecular formula is C26H31N3O4. The van der Waals surface area contributed by atoms with Crippen LogP contribution in [0.1, 0.15) is 54.1 Å². The molecular weight excluding hydrogens is 418 g/mol. The number of piperidine rings is 1. The predicted octanol–water partition coefficient (Wildman–Crippen LogP) is 4.26. The van der Waals surface area contributed by atoms with E-state index in [-0.39, 0.29) is 17.8 Å². The minimum atomic E-state index is -0.205. The lowest BCUT2D eigenvalue weighted by Crippen LogP contribution is -2.24. The summed E-state index contributed by atoms with van der Waals surface area (Å²) in [6.07, 6.45) is 6.55. The standard InChI is InChI=1S/C26H31N3O4/c1-2-32-25(30)15-20-14-22-16-23(10-11-24(22)33-18-20)28-26(31)21-8-6-19(7-9-21)17-27-29-12-4-3-5-13-29/h6-11,16-17,20H,2-5,12-15,18H2,1H3,(H,28,31). The van der Waals surface area contributed by atoms with Gasteiger partial charge in [-0.3, -0.25) is 14.6 Å². The van der Waals surface area contributed by atoms with Crippen LogP contribution in [0.15, 0.2) is 47.6 Å². The minimum absolute atomic E-state index is 0.0710. The Morgan fingerprint density at radius 3 is 2.70 bits per heavy atom. The number of fused-ring (bicyclic) bond motifs is 1. The van der Waals surface area contributed by atoms with E-state index in [4.69, 9.17) is 9.47 Å². The molecule has 0 aliphatic carbocycles. The summed E-state index contributed by atoms with van der Waals surface area (Å²) < 4.78 is 10.9. The molecule has 1 atom stereocenters. The molecule has 7 heteroatoms. The van der Waals surface area contributed by atoms with Gasteiger partial charge in [-0.15, -0.1) is 0 Å². The summed E-state index contributed by atoms with van der Waals surface area (Å²) in [5.74, 6) is 0.491. The first-order chi connectivity index (χ1) is 16.1. The number of nitrogens with zero attached hydrogens (tertiary/aromatic N) is 2. The summed E-state index contributed by atoms with van der Waals surface area (Å²) in [4.78, 5) is 24.5. The van der Waals surface area contributed by atoms with Crippen LogP contribution in [0.3, 0.4) is 0 Å². The summed E-state index contributed by atoms with van der Waals surface area (Å²) in [5.41, 5.74) is 3.24. The van der Waals surface area contributed by atoms with Crippen LogP contribution in [-0.2, 0) is 16.0 Å². The molecule has 0 aromatic heterocycles. The molecule has 1 unspecified atom stereocenters. The second kappa shape index (κ2) is 11.0. The van der Waals surface area contributed by atoms with Crippen LogP contribution in [-0.4, -0.2) is 49.4 Å². The maximum absolute atomic E-state index is 12.7. The lowest BCUT2D eigenvalue weighted by molar-refractivity contribution is -0.144. The number of hydrogen-bond acceptors (Lipinski definition) is 6. The Hall–Kier alpha value is -3.35. The van der Waals surface area contributed by atoms with Gasteiger partial charge >= 0.3 is 5.97 Å². The molecule has 2 aliphatic rings. The van der Waals surface area contributed by atoms with Gasteiger partial charge in [0.15, 0.2) is 0 Å². The van der Waals surface area contributed by atoms with E-state index in [2.05, 4.69) is 15.4 Å². The van der Waals surface area contributed by atoms with Crippen molar-refractivity contribution in [2.24, 2.45) is 11.0 Å². The number of hydrazone groups is 1. The average molecular weight is 450 g/mol. The monoisotopic (exact) mass is 449 g/mol. The van der Waals surface area contributed by atoms with Gasteiger partial charge < -0.3 is 14.8 Å². The number of hydrogen-bond donors (Lipinski definition) is 1. The summed E-state index contributed by atoms with van der Waals surface area (Å²) in [6.45, 7) is 4.69. The highest BCUT2D eigenvalue weighted by Gasteiger charge is 2.23. The number of carbonyl (C=O) groups excluding carboxylic acids is 2. The molecule has 2 heterocycles. The van der Waals surface area contributed by atoms with E-state index in [0.29, 0.717) is 37.3 Å². The number of ether oxygens (including phenoxy) is 2. The highest BCUT2D eigenvalue weighted by Crippen LogP contribution is 2.31. The van der Waals surface area contributed by atoms with Crippen LogP contribution in [0.25, 0.3) is 0 Å². The largest absolute Gasteiger partial charge is 0.493 e. The highest BCUT2D eigenvalue weighted by atomic mass is 16.5. The second-order valence-electron chi connectivity index (χ2n) is 8.55. The molecule has 0 spiro atoms. The fraction of sp³-hybridized carbons (Fsp3) is 0.423. The first-order valence-electron chi connectivity index (χ1n) is 11.7. The van der Waals surface area contributed by atoms with Crippen LogP contribution < -0.4 is 10.1 Å². The van der Waals surface area contributed by atoms with Gasteiger partial charge in [0.05, 0.1) is 25.8 Å². The van der Waals surface area contributed by atoms with Crippen LogP contribution >= 0.6 is 0 Å². The number of rotatable bonds is 7. The van der Waals surface area contributed by atoms with Crippen molar-refractivity contribution in [1.29, 1.82) is 0 Å². The zero-order valence-electron chi connectivity index (χ0n) is 19.1. The van der Waals surface area contributed by atoms with E-state index in [0.717, 1.165) is 30.0 Å². The number of amides is 1. The molecule has 4 rings (SSSR count). The second-order valence-corrected chi connectivity index (χ2v) is 8.55. The highest BCUT2D eigenvalue weighted by molar-refractivity contribution is 6.04. The minimum Gasteiger partial charge on any atom is -0.493 e. The Kier molecular flexibility index (Phi) is 7.60. The van der Waals surface area contributed by atoms with Gasteiger partial charge in [0.1, 0.15) is 5.75 Å². The van der Waals surface area contributed by atoms with E-state index in [9.17, 15) is 9.59 Å². The number of benzene rings is 2. The molecule has 0 radical (unpaired) electrons. The van der Waals surface area contributed by atoms with E-state index < -0.39 is 0 Å². The molecule has 0 saturated carbocycles. The third-order valence-electron chi connectivity index (χ3n) is 5.94. The molecule has 2 aliphatic heterocycles. The molecule has 2 aromatic rings. The Morgan fingerprint density at radius 2 is 1.94 bits per heavy atom. The van der Waals surface area contributed by atoms with Gasteiger partial charge in [0.25, 0.3) is 5.91 Å². The summed E-state index contributed by atoms with van der Waals surface area (Å²) in [7, 11) is 0. The van der Waals surface area contributed by atoms with Gasteiger partial charge in [0, 0.05) is 30.3 Å². The van der Waals surface area contributed by atoms with Crippen LogP contribution in [0.4, 0.5) is 5.69 Å². The average Bonchev–Trinajstić information content (AvgIpc) is 2.83. The molecule has 0 bridgehead atoms. The predicted molar refractivity (Wildman–Crippen MR) is 128 cm³/mol. The maximum atomic E-state index is 12.7. The lowest BCUT2D eigenvalue weighted by atomic mass is 9.93. The van der Waals surface area contributed by atoms with Gasteiger partial charge in [-0.05, 0) is 74.1 Å². The zero-order valence-corrected chi connectivity index (χ0v) is 19.1. The molecule has 2 aromatic carbocycles. The Bertz CT molecular complexity index is 997. The quantitative estimate of drug-likeness (QED) is 0.505. The number of esters is 1. The molecule has 1 amide bonds. The third kappa shape index (κ3) is 6.34. The fourth-order valence-electron chi connectivity index (χ4n) is 4.19. The van der Waals surface area contributed by atoms with Crippen LogP contribution in [0, 0.1) is 5.92 Å². The lowest BCUT2D eigenvalue weighted by Gasteiger charge is -2.25. The van der Waals surface area contributed by atoms with Crippen molar-refractivity contribution in [3.05, 3.63) is 59.2 Å². The molecule has 1 N–H and O–H groups in total. The van der Waals surface area contributed by atoms with Crippen molar-refractivity contribution in [1.82, 2.24) is 5.01 Å². The van der Waals surface area contributed by atoms with Crippen molar-refractivity contribution in [2.75, 3.05) is 31.6 Å². The van der Waals surface area contributed by atoms with Crippen molar-refractivity contribution < 1.29 is 19.1 Å². The zero-order chi connectivity index (χ0) is 23.0. The first kappa shape index (κ1) is 22.8. The maximum Gasteiger partial charge on any atom is 0.306 e. The van der Waals surface area contributed by atoms with Gasteiger partial charge in [-0.1, -0.05) is 12.1 Å². The molecule has 1 fully saturated rings. The summed E-state index contributed by atoms with van der Waals surface area (Å²) >= 11 is 0.